The lowest BCUT2D eigenvalue weighted by Crippen LogP contribution is -2.34. The van der Waals surface area contributed by atoms with Crippen molar-refractivity contribution in [2.45, 2.75) is 18.8 Å². The fourth-order valence-electron chi connectivity index (χ4n) is 2.41. The van der Waals surface area contributed by atoms with E-state index in [1.165, 1.54) is 0 Å². The highest BCUT2D eigenvalue weighted by molar-refractivity contribution is 7.18. The van der Waals surface area contributed by atoms with Crippen LogP contribution in [0.1, 0.15) is 17.5 Å². The second-order valence-electron chi connectivity index (χ2n) is 5.26. The van der Waals surface area contributed by atoms with Crippen LogP contribution >= 0.6 is 11.3 Å². The van der Waals surface area contributed by atoms with E-state index in [1.807, 2.05) is 54.6 Å². The summed E-state index contributed by atoms with van der Waals surface area (Å²) >= 11 is 1.56. The third kappa shape index (κ3) is 2.54. The first-order chi connectivity index (χ1) is 10.1. The number of para-hydroxylation sites is 1. The largest absolute Gasteiger partial charge is 0.481 e. The van der Waals surface area contributed by atoms with Gasteiger partial charge in [0.05, 0.1) is 20.6 Å². The van der Waals surface area contributed by atoms with Crippen LogP contribution in [0.5, 0.6) is 0 Å². The highest BCUT2D eigenvalue weighted by Gasteiger charge is 2.36. The third-order valence-corrected chi connectivity index (χ3v) is 4.76. The Morgan fingerprint density at radius 3 is 2.48 bits per heavy atom. The molecule has 0 fully saturated rings. The minimum absolute atomic E-state index is 0.395. The Labute approximate surface area is 126 Å². The minimum Gasteiger partial charge on any atom is -0.481 e. The molecule has 0 radical (unpaired) electrons. The molecule has 106 valence electrons. The minimum atomic E-state index is -0.963. The molecule has 0 amide bonds. The highest BCUT2D eigenvalue weighted by Crippen LogP contribution is 2.32. The molecule has 3 nitrogen and oxygen atoms in total. The summed E-state index contributed by atoms with van der Waals surface area (Å²) in [6.45, 7) is 1.76. The second kappa shape index (κ2) is 5.30. The van der Waals surface area contributed by atoms with Crippen molar-refractivity contribution in [2.24, 2.45) is 0 Å². The van der Waals surface area contributed by atoms with Gasteiger partial charge in [-0.25, -0.2) is 4.98 Å². The van der Waals surface area contributed by atoms with E-state index in [-0.39, 0.29) is 0 Å². The standard InChI is InChI=1S/C17H15NO2S/c1-17(16(19)20,12-7-3-2-4-8-12)11-15-18-13-9-5-6-10-14(13)21-15/h2-10H,11H2,1H3,(H,19,20)/t17-/m0/s1. The van der Waals surface area contributed by atoms with E-state index >= 15 is 0 Å². The lowest BCUT2D eigenvalue weighted by molar-refractivity contribution is -0.143. The molecule has 1 aromatic heterocycles. The van der Waals surface area contributed by atoms with Gasteiger partial charge < -0.3 is 5.11 Å². The van der Waals surface area contributed by atoms with Gasteiger partial charge in [-0.05, 0) is 24.6 Å². The van der Waals surface area contributed by atoms with E-state index in [0.717, 1.165) is 20.8 Å². The summed E-state index contributed by atoms with van der Waals surface area (Å²) in [5, 5.41) is 10.6. The first-order valence-electron chi connectivity index (χ1n) is 6.73. The van der Waals surface area contributed by atoms with Crippen molar-refractivity contribution >= 4 is 27.5 Å². The SMILES string of the molecule is C[C@@](Cc1nc2ccccc2s1)(C(=O)O)c1ccccc1. The molecular weight excluding hydrogens is 282 g/mol. The van der Waals surface area contributed by atoms with E-state index in [0.29, 0.717) is 6.42 Å². The molecule has 0 saturated heterocycles. The van der Waals surface area contributed by atoms with E-state index in [4.69, 9.17) is 0 Å². The molecule has 3 aromatic rings. The maximum atomic E-state index is 11.8. The highest BCUT2D eigenvalue weighted by atomic mass is 32.1. The molecule has 0 spiro atoms. The van der Waals surface area contributed by atoms with Gasteiger partial charge in [-0.1, -0.05) is 42.5 Å². The van der Waals surface area contributed by atoms with Crippen LogP contribution in [0.4, 0.5) is 0 Å². The molecule has 1 N–H and O–H groups in total. The Hall–Kier alpha value is -2.20. The zero-order chi connectivity index (χ0) is 14.9. The third-order valence-electron chi connectivity index (χ3n) is 3.73. The van der Waals surface area contributed by atoms with Crippen molar-refractivity contribution in [1.29, 1.82) is 0 Å². The van der Waals surface area contributed by atoms with E-state index in [9.17, 15) is 9.90 Å². The lowest BCUT2D eigenvalue weighted by Gasteiger charge is -2.24. The number of benzene rings is 2. The van der Waals surface area contributed by atoms with Crippen LogP contribution in [0.25, 0.3) is 10.2 Å². The van der Waals surface area contributed by atoms with Crippen molar-refractivity contribution in [2.75, 3.05) is 0 Å². The molecule has 0 aliphatic carbocycles. The number of carbonyl (C=O) groups is 1. The summed E-state index contributed by atoms with van der Waals surface area (Å²) in [6.07, 6.45) is 0.395. The van der Waals surface area contributed by atoms with Gasteiger partial charge in [-0.2, -0.15) is 0 Å². The molecule has 0 aliphatic heterocycles. The number of fused-ring (bicyclic) bond motifs is 1. The molecule has 0 unspecified atom stereocenters. The fraction of sp³-hybridized carbons (Fsp3) is 0.176. The van der Waals surface area contributed by atoms with Crippen molar-refractivity contribution in [3.63, 3.8) is 0 Å². The zero-order valence-electron chi connectivity index (χ0n) is 11.6. The number of carboxylic acid groups (broad SMARTS) is 1. The Morgan fingerprint density at radius 1 is 1.14 bits per heavy atom. The number of nitrogens with zero attached hydrogens (tertiary/aromatic N) is 1. The summed E-state index contributed by atoms with van der Waals surface area (Å²) in [5.41, 5.74) is 0.768. The Bertz CT molecular complexity index is 749. The van der Waals surface area contributed by atoms with Crippen LogP contribution in [-0.2, 0) is 16.6 Å². The van der Waals surface area contributed by atoms with Crippen LogP contribution < -0.4 is 0 Å². The van der Waals surface area contributed by atoms with Crippen molar-refractivity contribution < 1.29 is 9.90 Å². The number of rotatable bonds is 4. The van der Waals surface area contributed by atoms with Gasteiger partial charge in [-0.3, -0.25) is 4.79 Å². The molecule has 2 aromatic carbocycles. The number of thiazole rings is 1. The molecule has 3 rings (SSSR count). The van der Waals surface area contributed by atoms with Gasteiger partial charge in [0.1, 0.15) is 0 Å². The topological polar surface area (TPSA) is 50.2 Å². The summed E-state index contributed by atoms with van der Waals surface area (Å²) in [7, 11) is 0. The molecule has 21 heavy (non-hydrogen) atoms. The van der Waals surface area contributed by atoms with Crippen molar-refractivity contribution in [3.05, 3.63) is 65.2 Å². The monoisotopic (exact) mass is 297 g/mol. The molecule has 0 saturated carbocycles. The first kappa shape index (κ1) is 13.8. The maximum absolute atomic E-state index is 11.8. The van der Waals surface area contributed by atoms with Gasteiger partial charge >= 0.3 is 5.97 Å². The van der Waals surface area contributed by atoms with Gasteiger partial charge in [0.2, 0.25) is 0 Å². The van der Waals surface area contributed by atoms with Gasteiger partial charge in [-0.15, -0.1) is 11.3 Å². The van der Waals surface area contributed by atoms with Crippen LogP contribution in [0.2, 0.25) is 0 Å². The van der Waals surface area contributed by atoms with Crippen LogP contribution in [0.15, 0.2) is 54.6 Å². The normalized spacial score (nSPS) is 14.0. The maximum Gasteiger partial charge on any atom is 0.314 e. The first-order valence-corrected chi connectivity index (χ1v) is 7.54. The Morgan fingerprint density at radius 2 is 1.81 bits per heavy atom. The summed E-state index contributed by atoms with van der Waals surface area (Å²) < 4.78 is 1.09. The molecule has 0 aliphatic rings. The van der Waals surface area contributed by atoms with Crippen LogP contribution in [-0.4, -0.2) is 16.1 Å². The summed E-state index contributed by atoms with van der Waals surface area (Å²) in [4.78, 5) is 16.4. The Balaban J connectivity index is 2.01. The fourth-order valence-corrected chi connectivity index (χ4v) is 3.53. The van der Waals surface area contributed by atoms with E-state index in [2.05, 4.69) is 4.98 Å². The average molecular weight is 297 g/mol. The number of hydrogen-bond acceptors (Lipinski definition) is 3. The number of aliphatic carboxylic acids is 1. The molecule has 4 heteroatoms. The van der Waals surface area contributed by atoms with Crippen LogP contribution in [0.3, 0.4) is 0 Å². The van der Waals surface area contributed by atoms with E-state index in [1.54, 1.807) is 18.3 Å². The number of hydrogen-bond donors (Lipinski definition) is 1. The quantitative estimate of drug-likeness (QED) is 0.795. The predicted molar refractivity (Wildman–Crippen MR) is 84.8 cm³/mol. The van der Waals surface area contributed by atoms with Crippen molar-refractivity contribution in [1.82, 2.24) is 4.98 Å². The number of carboxylic acids is 1. The predicted octanol–water partition coefficient (Wildman–Crippen LogP) is 3.88. The zero-order valence-corrected chi connectivity index (χ0v) is 12.4. The van der Waals surface area contributed by atoms with Gasteiger partial charge in [0.25, 0.3) is 0 Å². The molecule has 0 bridgehead atoms. The second-order valence-corrected chi connectivity index (χ2v) is 6.37. The average Bonchev–Trinajstić information content (AvgIpc) is 2.89. The van der Waals surface area contributed by atoms with Crippen LogP contribution in [0, 0.1) is 0 Å². The molecule has 1 atom stereocenters. The summed E-state index contributed by atoms with van der Waals surface area (Å²) in [5.74, 6) is -0.826. The van der Waals surface area contributed by atoms with Gasteiger partial charge in [0.15, 0.2) is 0 Å². The van der Waals surface area contributed by atoms with Gasteiger partial charge in [0, 0.05) is 6.42 Å². The lowest BCUT2D eigenvalue weighted by atomic mass is 9.80. The smallest absolute Gasteiger partial charge is 0.314 e. The number of aromatic nitrogens is 1. The molecular formula is C17H15NO2S. The van der Waals surface area contributed by atoms with E-state index < -0.39 is 11.4 Å². The Kier molecular flexibility index (Phi) is 3.47. The summed E-state index contributed by atoms with van der Waals surface area (Å²) in [6, 6.07) is 17.2. The molecule has 1 heterocycles. The van der Waals surface area contributed by atoms with Crippen molar-refractivity contribution in [3.8, 4) is 0 Å².